The Bertz CT molecular complexity index is 484. The summed E-state index contributed by atoms with van der Waals surface area (Å²) in [4.78, 5) is 4.10. The van der Waals surface area contributed by atoms with Crippen LogP contribution in [0, 0.1) is 0 Å². The van der Waals surface area contributed by atoms with E-state index in [0.717, 1.165) is 16.3 Å². The van der Waals surface area contributed by atoms with Crippen molar-refractivity contribution in [1.29, 1.82) is 0 Å². The van der Waals surface area contributed by atoms with Crippen LogP contribution in [0.1, 0.15) is 5.56 Å². The third-order valence-corrected chi connectivity index (χ3v) is 2.72. The van der Waals surface area contributed by atoms with Crippen LogP contribution in [-0.2, 0) is 6.54 Å². The molecule has 5 heteroatoms. The molecule has 0 bridgehead atoms. The molecule has 1 aromatic carbocycles. The van der Waals surface area contributed by atoms with E-state index in [1.165, 1.54) is 0 Å². The number of aromatic nitrogens is 1. The second-order valence-electron chi connectivity index (χ2n) is 3.52. The van der Waals surface area contributed by atoms with Crippen molar-refractivity contribution in [2.75, 3.05) is 10.7 Å². The van der Waals surface area contributed by atoms with Gasteiger partial charge in [-0.25, -0.2) is 10.8 Å². The maximum absolute atomic E-state index is 6.06. The van der Waals surface area contributed by atoms with Crippen LogP contribution in [0.3, 0.4) is 0 Å². The lowest BCUT2D eigenvalue weighted by Crippen LogP contribution is -2.08. The number of benzene rings is 1. The molecular formula is C12H13ClN4. The van der Waals surface area contributed by atoms with Crippen LogP contribution in [0.25, 0.3) is 0 Å². The summed E-state index contributed by atoms with van der Waals surface area (Å²) < 4.78 is 0. The molecule has 0 saturated heterocycles. The molecule has 0 radical (unpaired) electrons. The zero-order valence-electron chi connectivity index (χ0n) is 9.15. The molecule has 0 saturated carbocycles. The average Bonchev–Trinajstić information content (AvgIpc) is 2.38. The summed E-state index contributed by atoms with van der Waals surface area (Å²) in [7, 11) is 0. The Morgan fingerprint density at radius 2 is 2.00 bits per heavy atom. The van der Waals surface area contributed by atoms with E-state index in [1.807, 2.05) is 30.3 Å². The van der Waals surface area contributed by atoms with Gasteiger partial charge in [0.2, 0.25) is 0 Å². The number of nitrogens with one attached hydrogen (secondary N) is 2. The van der Waals surface area contributed by atoms with Crippen LogP contribution in [0.5, 0.6) is 0 Å². The van der Waals surface area contributed by atoms with Gasteiger partial charge in [-0.15, -0.1) is 0 Å². The molecule has 0 aliphatic carbocycles. The van der Waals surface area contributed by atoms with E-state index in [4.69, 9.17) is 17.4 Å². The topological polar surface area (TPSA) is 63.0 Å². The molecule has 0 unspecified atom stereocenters. The minimum absolute atomic E-state index is 0.633. The fourth-order valence-corrected chi connectivity index (χ4v) is 1.63. The van der Waals surface area contributed by atoms with Gasteiger partial charge in [0, 0.05) is 11.6 Å². The van der Waals surface area contributed by atoms with E-state index in [9.17, 15) is 0 Å². The predicted molar refractivity (Wildman–Crippen MR) is 70.8 cm³/mol. The quantitative estimate of drug-likeness (QED) is 0.575. The van der Waals surface area contributed by atoms with Gasteiger partial charge in [0.15, 0.2) is 0 Å². The number of hydrogen-bond donors (Lipinski definition) is 3. The van der Waals surface area contributed by atoms with Crippen molar-refractivity contribution >= 4 is 23.1 Å². The molecule has 0 amide bonds. The second-order valence-corrected chi connectivity index (χ2v) is 3.93. The van der Waals surface area contributed by atoms with Crippen molar-refractivity contribution < 1.29 is 0 Å². The lowest BCUT2D eigenvalue weighted by atomic mass is 10.2. The number of nitrogens with zero attached hydrogens (tertiary/aromatic N) is 1. The first-order valence-electron chi connectivity index (χ1n) is 5.19. The van der Waals surface area contributed by atoms with Gasteiger partial charge in [0.1, 0.15) is 5.82 Å². The van der Waals surface area contributed by atoms with Gasteiger partial charge in [-0.2, -0.15) is 0 Å². The normalized spacial score (nSPS) is 10.0. The van der Waals surface area contributed by atoms with Gasteiger partial charge in [0.25, 0.3) is 0 Å². The van der Waals surface area contributed by atoms with E-state index in [-0.39, 0.29) is 0 Å². The third kappa shape index (κ3) is 3.09. The number of hydrazine groups is 1. The number of rotatable bonds is 4. The highest BCUT2D eigenvalue weighted by Gasteiger charge is 1.99. The van der Waals surface area contributed by atoms with Crippen LogP contribution >= 0.6 is 11.6 Å². The van der Waals surface area contributed by atoms with Gasteiger partial charge in [-0.1, -0.05) is 29.8 Å². The molecule has 0 aliphatic heterocycles. The molecule has 4 N–H and O–H groups in total. The molecule has 2 aromatic rings. The molecule has 17 heavy (non-hydrogen) atoms. The first-order valence-corrected chi connectivity index (χ1v) is 5.57. The summed E-state index contributed by atoms with van der Waals surface area (Å²) in [6.07, 6.45) is 1.71. The van der Waals surface area contributed by atoms with E-state index in [0.29, 0.717) is 12.4 Å². The fourth-order valence-electron chi connectivity index (χ4n) is 1.42. The molecular weight excluding hydrogens is 236 g/mol. The lowest BCUT2D eigenvalue weighted by Gasteiger charge is -2.08. The number of anilines is 2. The molecule has 0 fully saturated rings. The predicted octanol–water partition coefficient (Wildman–Crippen LogP) is 2.63. The standard InChI is InChI=1S/C12H13ClN4/c13-11-4-2-1-3-9(11)7-15-10-5-6-12(17-14)16-8-10/h1-6,8,15H,7,14H2,(H,16,17). The molecule has 0 atom stereocenters. The van der Waals surface area contributed by atoms with Gasteiger partial charge < -0.3 is 10.7 Å². The summed E-state index contributed by atoms with van der Waals surface area (Å²) in [5, 5.41) is 4.00. The molecule has 4 nitrogen and oxygen atoms in total. The molecule has 2 rings (SSSR count). The smallest absolute Gasteiger partial charge is 0.140 e. The monoisotopic (exact) mass is 248 g/mol. The summed E-state index contributed by atoms with van der Waals surface area (Å²) in [5.74, 6) is 5.87. The maximum Gasteiger partial charge on any atom is 0.140 e. The van der Waals surface area contributed by atoms with Crippen molar-refractivity contribution in [2.45, 2.75) is 6.54 Å². The fraction of sp³-hybridized carbons (Fsp3) is 0.0833. The number of nitrogen functional groups attached to an aromatic ring is 1. The maximum atomic E-state index is 6.06. The number of halogens is 1. The van der Waals surface area contributed by atoms with Crippen molar-refractivity contribution in [1.82, 2.24) is 4.98 Å². The first-order chi connectivity index (χ1) is 8.29. The van der Waals surface area contributed by atoms with Crippen LogP contribution in [-0.4, -0.2) is 4.98 Å². The molecule has 0 spiro atoms. The van der Waals surface area contributed by atoms with Gasteiger partial charge in [-0.05, 0) is 23.8 Å². The van der Waals surface area contributed by atoms with E-state index < -0.39 is 0 Å². The number of hydrogen-bond acceptors (Lipinski definition) is 4. The third-order valence-electron chi connectivity index (χ3n) is 2.35. The van der Waals surface area contributed by atoms with Crippen molar-refractivity contribution in [2.24, 2.45) is 5.84 Å². The lowest BCUT2D eigenvalue weighted by molar-refractivity contribution is 1.13. The van der Waals surface area contributed by atoms with E-state index in [1.54, 1.807) is 12.3 Å². The van der Waals surface area contributed by atoms with Gasteiger partial charge in [-0.3, -0.25) is 0 Å². The minimum atomic E-state index is 0.633. The van der Waals surface area contributed by atoms with Crippen molar-refractivity contribution in [3.05, 3.63) is 53.2 Å². The zero-order valence-corrected chi connectivity index (χ0v) is 9.91. The largest absolute Gasteiger partial charge is 0.380 e. The van der Waals surface area contributed by atoms with Crippen LogP contribution < -0.4 is 16.6 Å². The Morgan fingerprint density at radius 3 is 2.65 bits per heavy atom. The summed E-state index contributed by atoms with van der Waals surface area (Å²) in [5.41, 5.74) is 4.45. The van der Waals surface area contributed by atoms with Crippen LogP contribution in [0.4, 0.5) is 11.5 Å². The van der Waals surface area contributed by atoms with Gasteiger partial charge >= 0.3 is 0 Å². The summed E-state index contributed by atoms with van der Waals surface area (Å²) in [6, 6.07) is 11.4. The average molecular weight is 249 g/mol. The van der Waals surface area contributed by atoms with Crippen LogP contribution in [0.15, 0.2) is 42.6 Å². The highest BCUT2D eigenvalue weighted by Crippen LogP contribution is 2.17. The van der Waals surface area contributed by atoms with Crippen molar-refractivity contribution in [3.63, 3.8) is 0 Å². The Labute approximate surface area is 105 Å². The summed E-state index contributed by atoms with van der Waals surface area (Å²) in [6.45, 7) is 0.663. The Morgan fingerprint density at radius 1 is 1.18 bits per heavy atom. The molecule has 1 aromatic heterocycles. The van der Waals surface area contributed by atoms with E-state index >= 15 is 0 Å². The minimum Gasteiger partial charge on any atom is -0.380 e. The molecule has 88 valence electrons. The highest BCUT2D eigenvalue weighted by molar-refractivity contribution is 6.31. The first kappa shape index (κ1) is 11.7. The Balaban J connectivity index is 2.00. The Kier molecular flexibility index (Phi) is 3.80. The van der Waals surface area contributed by atoms with E-state index in [2.05, 4.69) is 15.7 Å². The Hall–Kier alpha value is -1.78. The summed E-state index contributed by atoms with van der Waals surface area (Å²) >= 11 is 6.06. The van der Waals surface area contributed by atoms with Crippen LogP contribution in [0.2, 0.25) is 5.02 Å². The van der Waals surface area contributed by atoms with Crippen molar-refractivity contribution in [3.8, 4) is 0 Å². The highest BCUT2D eigenvalue weighted by atomic mass is 35.5. The SMILES string of the molecule is NNc1ccc(NCc2ccccc2Cl)cn1. The number of nitrogens with two attached hydrogens (primary N) is 1. The zero-order chi connectivity index (χ0) is 12.1. The molecule has 0 aliphatic rings. The number of pyridine rings is 1. The molecule has 1 heterocycles. The second kappa shape index (κ2) is 5.52. The van der Waals surface area contributed by atoms with Gasteiger partial charge in [0.05, 0.1) is 11.9 Å².